The van der Waals surface area contributed by atoms with Crippen LogP contribution in [-0.4, -0.2) is 48.1 Å². The van der Waals surface area contributed by atoms with E-state index in [1.807, 2.05) is 19.1 Å². The number of aryl methyl sites for hydroxylation is 1. The van der Waals surface area contributed by atoms with E-state index in [2.05, 4.69) is 26.6 Å². The predicted octanol–water partition coefficient (Wildman–Crippen LogP) is 6.11. The first-order chi connectivity index (χ1) is 19.1. The Bertz CT molecular complexity index is 1510. The summed E-state index contributed by atoms with van der Waals surface area (Å²) in [7, 11) is 1.44. The maximum absolute atomic E-state index is 12.9. The molecule has 12 heteroatoms. The van der Waals surface area contributed by atoms with Crippen LogP contribution in [-0.2, 0) is 14.4 Å². The minimum absolute atomic E-state index is 0.163. The van der Waals surface area contributed by atoms with Crippen LogP contribution in [0.2, 0.25) is 5.02 Å². The van der Waals surface area contributed by atoms with E-state index in [1.54, 1.807) is 48.5 Å². The van der Waals surface area contributed by atoms with E-state index in [9.17, 15) is 19.2 Å². The highest BCUT2D eigenvalue weighted by Gasteiger charge is 2.36. The number of nitrogens with one attached hydrogen (secondary N) is 2. The highest BCUT2D eigenvalue weighted by molar-refractivity contribution is 9.10. The SMILES string of the molecule is COc1cc(/C=C2/SC(=O)N(CC(=O)Nc3ccc(C)cc3)C2=O)ccc1OCC(=O)Nc1ccc(Br)c(Cl)c1. The van der Waals surface area contributed by atoms with E-state index in [0.717, 1.165) is 22.2 Å². The van der Waals surface area contributed by atoms with Gasteiger partial charge in [-0.05, 0) is 88.7 Å². The minimum atomic E-state index is -0.571. The summed E-state index contributed by atoms with van der Waals surface area (Å²) in [6, 6.07) is 17.1. The number of rotatable bonds is 9. The number of imide groups is 1. The molecule has 0 bridgehead atoms. The normalized spacial score (nSPS) is 13.9. The Balaban J connectivity index is 1.37. The van der Waals surface area contributed by atoms with Gasteiger partial charge in [0.05, 0.1) is 17.0 Å². The van der Waals surface area contributed by atoms with Gasteiger partial charge in [-0.2, -0.15) is 0 Å². The third kappa shape index (κ3) is 7.44. The number of halogens is 2. The van der Waals surface area contributed by atoms with Gasteiger partial charge in [0, 0.05) is 15.8 Å². The molecule has 1 saturated heterocycles. The van der Waals surface area contributed by atoms with Gasteiger partial charge in [0.15, 0.2) is 18.1 Å². The van der Waals surface area contributed by atoms with Crippen LogP contribution in [0, 0.1) is 6.92 Å². The molecule has 4 amide bonds. The zero-order valence-corrected chi connectivity index (χ0v) is 24.5. The third-order valence-corrected chi connectivity index (χ3v) is 7.70. The molecule has 3 aromatic rings. The Morgan fingerprint density at radius 1 is 0.975 bits per heavy atom. The van der Waals surface area contributed by atoms with Crippen LogP contribution in [0.5, 0.6) is 11.5 Å². The summed E-state index contributed by atoms with van der Waals surface area (Å²) in [5.74, 6) is -0.819. The van der Waals surface area contributed by atoms with Crippen molar-refractivity contribution in [3.05, 3.63) is 86.2 Å². The van der Waals surface area contributed by atoms with E-state index in [4.69, 9.17) is 21.1 Å². The van der Waals surface area contributed by atoms with E-state index >= 15 is 0 Å². The molecule has 0 saturated carbocycles. The molecule has 40 heavy (non-hydrogen) atoms. The number of hydrogen-bond donors (Lipinski definition) is 2. The molecular weight excluding hydrogens is 622 g/mol. The van der Waals surface area contributed by atoms with Crippen molar-refractivity contribution < 1.29 is 28.7 Å². The van der Waals surface area contributed by atoms with Crippen molar-refractivity contribution in [3.8, 4) is 11.5 Å². The number of benzene rings is 3. The molecule has 1 aliphatic rings. The average molecular weight is 645 g/mol. The smallest absolute Gasteiger partial charge is 0.294 e. The van der Waals surface area contributed by atoms with Gasteiger partial charge < -0.3 is 20.1 Å². The van der Waals surface area contributed by atoms with E-state index in [1.165, 1.54) is 13.2 Å². The highest BCUT2D eigenvalue weighted by atomic mass is 79.9. The van der Waals surface area contributed by atoms with Gasteiger partial charge in [-0.15, -0.1) is 0 Å². The zero-order valence-electron chi connectivity index (χ0n) is 21.3. The minimum Gasteiger partial charge on any atom is -0.493 e. The summed E-state index contributed by atoms with van der Waals surface area (Å²) in [5.41, 5.74) is 2.69. The van der Waals surface area contributed by atoms with Crippen molar-refractivity contribution in [2.24, 2.45) is 0 Å². The summed E-state index contributed by atoms with van der Waals surface area (Å²) in [4.78, 5) is 51.1. The fraction of sp³-hybridized carbons (Fsp3) is 0.143. The summed E-state index contributed by atoms with van der Waals surface area (Å²) in [5, 5.41) is 5.29. The molecule has 4 rings (SSSR count). The molecule has 1 fully saturated rings. The van der Waals surface area contributed by atoms with Crippen molar-refractivity contribution in [3.63, 3.8) is 0 Å². The molecule has 3 aromatic carbocycles. The quantitative estimate of drug-likeness (QED) is 0.270. The molecule has 2 N–H and O–H groups in total. The number of nitrogens with zero attached hydrogens (tertiary/aromatic N) is 1. The number of amides is 4. The van der Waals surface area contributed by atoms with Crippen molar-refractivity contribution in [2.75, 3.05) is 30.9 Å². The van der Waals surface area contributed by atoms with Gasteiger partial charge in [-0.25, -0.2) is 0 Å². The Morgan fingerprint density at radius 3 is 2.38 bits per heavy atom. The van der Waals surface area contributed by atoms with Crippen LogP contribution in [0.15, 0.2) is 70.0 Å². The predicted molar refractivity (Wildman–Crippen MR) is 159 cm³/mol. The lowest BCUT2D eigenvalue weighted by Gasteiger charge is -2.13. The summed E-state index contributed by atoms with van der Waals surface area (Å²) in [6.07, 6.45) is 1.53. The van der Waals surface area contributed by atoms with Crippen molar-refractivity contribution in [1.29, 1.82) is 0 Å². The van der Waals surface area contributed by atoms with Gasteiger partial charge in [0.25, 0.3) is 17.1 Å². The molecule has 9 nitrogen and oxygen atoms in total. The molecule has 0 spiro atoms. The topological polar surface area (TPSA) is 114 Å². The monoisotopic (exact) mass is 643 g/mol. The summed E-state index contributed by atoms with van der Waals surface area (Å²) >= 11 is 10.1. The van der Waals surface area contributed by atoms with Crippen molar-refractivity contribution in [2.45, 2.75) is 6.92 Å². The van der Waals surface area contributed by atoms with Crippen molar-refractivity contribution >= 4 is 79.7 Å². The van der Waals surface area contributed by atoms with Gasteiger partial charge in [-0.1, -0.05) is 35.4 Å². The van der Waals surface area contributed by atoms with Gasteiger partial charge >= 0.3 is 0 Å². The second-order valence-corrected chi connectivity index (χ2v) is 10.8. The van der Waals surface area contributed by atoms with E-state index < -0.39 is 29.5 Å². The lowest BCUT2D eigenvalue weighted by atomic mass is 10.2. The molecule has 0 aromatic heterocycles. The lowest BCUT2D eigenvalue weighted by Crippen LogP contribution is -2.36. The number of thioether (sulfide) groups is 1. The van der Waals surface area contributed by atoms with Gasteiger partial charge in [0.2, 0.25) is 5.91 Å². The number of carbonyl (C=O) groups excluding carboxylic acids is 4. The Kier molecular flexibility index (Phi) is 9.51. The molecule has 0 unspecified atom stereocenters. The highest BCUT2D eigenvalue weighted by Crippen LogP contribution is 2.34. The lowest BCUT2D eigenvalue weighted by molar-refractivity contribution is -0.127. The first-order valence-electron chi connectivity index (χ1n) is 11.8. The largest absolute Gasteiger partial charge is 0.493 e. The molecule has 206 valence electrons. The second kappa shape index (κ2) is 13.0. The van der Waals surface area contributed by atoms with Crippen LogP contribution >= 0.6 is 39.3 Å². The molecule has 0 aliphatic carbocycles. The number of anilines is 2. The first-order valence-corrected chi connectivity index (χ1v) is 13.8. The zero-order chi connectivity index (χ0) is 28.8. The number of methoxy groups -OCH3 is 1. The van der Waals surface area contributed by atoms with Crippen LogP contribution < -0.4 is 20.1 Å². The van der Waals surface area contributed by atoms with Crippen molar-refractivity contribution in [1.82, 2.24) is 4.90 Å². The molecule has 1 heterocycles. The average Bonchev–Trinajstić information content (AvgIpc) is 3.18. The number of ether oxygens (including phenoxy) is 2. The Morgan fingerprint density at radius 2 is 1.68 bits per heavy atom. The maximum atomic E-state index is 12.9. The summed E-state index contributed by atoms with van der Waals surface area (Å²) < 4.78 is 11.7. The Labute approximate surface area is 248 Å². The molecule has 1 aliphatic heterocycles. The standard InChI is InChI=1S/C28H23BrClN3O6S/c1-16-3-6-18(7-4-16)31-25(34)14-33-27(36)24(40-28(33)37)12-17-5-10-22(23(11-17)38-2)39-15-26(35)32-19-8-9-20(29)21(30)13-19/h3-13H,14-15H2,1-2H3,(H,31,34)(H,32,35)/b24-12+. The van der Waals surface area contributed by atoms with Crippen LogP contribution in [0.4, 0.5) is 16.2 Å². The third-order valence-electron chi connectivity index (χ3n) is 5.56. The van der Waals surface area contributed by atoms with Gasteiger partial charge in [0.1, 0.15) is 6.54 Å². The summed E-state index contributed by atoms with van der Waals surface area (Å²) in [6.45, 7) is 1.24. The fourth-order valence-electron chi connectivity index (χ4n) is 3.58. The van der Waals surface area contributed by atoms with E-state index in [-0.39, 0.29) is 11.5 Å². The maximum Gasteiger partial charge on any atom is 0.294 e. The van der Waals surface area contributed by atoms with Crippen LogP contribution in [0.1, 0.15) is 11.1 Å². The second-order valence-electron chi connectivity index (χ2n) is 8.56. The van der Waals surface area contributed by atoms with Crippen LogP contribution in [0.25, 0.3) is 6.08 Å². The van der Waals surface area contributed by atoms with Crippen LogP contribution in [0.3, 0.4) is 0 Å². The molecule has 0 atom stereocenters. The van der Waals surface area contributed by atoms with Gasteiger partial charge in [-0.3, -0.25) is 24.1 Å². The molecular formula is C28H23BrClN3O6S. The fourth-order valence-corrected chi connectivity index (χ4v) is 4.84. The molecule has 0 radical (unpaired) electrons. The first kappa shape index (κ1) is 29.2. The number of carbonyl (C=O) groups is 4. The number of hydrogen-bond acceptors (Lipinski definition) is 7. The Hall–Kier alpha value is -3.80. The van der Waals surface area contributed by atoms with E-state index in [0.29, 0.717) is 37.9 Å².